The van der Waals surface area contributed by atoms with Crippen LogP contribution in [-0.2, 0) is 17.4 Å². The van der Waals surface area contributed by atoms with Gasteiger partial charge in [0.05, 0.1) is 12.5 Å². The summed E-state index contributed by atoms with van der Waals surface area (Å²) in [6.45, 7) is 5.08. The predicted octanol–water partition coefficient (Wildman–Crippen LogP) is 3.94. The molecular formula is C18H17BrF3N5O. The van der Waals surface area contributed by atoms with E-state index >= 15 is 0 Å². The summed E-state index contributed by atoms with van der Waals surface area (Å²) in [5.41, 5.74) is 2.27. The van der Waals surface area contributed by atoms with Crippen LogP contribution in [0.1, 0.15) is 41.3 Å². The van der Waals surface area contributed by atoms with Crippen LogP contribution < -0.4 is 5.32 Å². The van der Waals surface area contributed by atoms with Crippen molar-refractivity contribution in [2.75, 3.05) is 0 Å². The standard InChI is InChI=1S/C18H17BrF3N5O/c1-9(12-6-4-5-7-14(12)19)23-15(28)8-13-10(2)24-17-25-16(18(20,21)22)26-27(17)11(13)3/h4-7,9H,8H2,1-3H3,(H,23,28). The molecule has 1 N–H and O–H groups in total. The highest BCUT2D eigenvalue weighted by Crippen LogP contribution is 2.27. The summed E-state index contributed by atoms with van der Waals surface area (Å²) < 4.78 is 40.5. The minimum atomic E-state index is -4.66. The highest BCUT2D eigenvalue weighted by atomic mass is 79.9. The average Bonchev–Trinajstić information content (AvgIpc) is 3.03. The molecule has 10 heteroatoms. The van der Waals surface area contributed by atoms with E-state index < -0.39 is 12.0 Å². The summed E-state index contributed by atoms with van der Waals surface area (Å²) in [5.74, 6) is -1.67. The van der Waals surface area contributed by atoms with Crippen molar-refractivity contribution in [1.82, 2.24) is 24.9 Å². The van der Waals surface area contributed by atoms with Crippen molar-refractivity contribution in [3.8, 4) is 0 Å². The first-order chi connectivity index (χ1) is 13.1. The van der Waals surface area contributed by atoms with Gasteiger partial charge in [-0.25, -0.2) is 9.50 Å². The van der Waals surface area contributed by atoms with E-state index in [0.717, 1.165) is 14.6 Å². The molecule has 1 atom stereocenters. The molecule has 148 valence electrons. The Bertz CT molecular complexity index is 1050. The molecule has 0 fully saturated rings. The van der Waals surface area contributed by atoms with Gasteiger partial charge >= 0.3 is 6.18 Å². The number of fused-ring (bicyclic) bond motifs is 1. The summed E-state index contributed by atoms with van der Waals surface area (Å²) in [7, 11) is 0. The summed E-state index contributed by atoms with van der Waals surface area (Å²) in [4.78, 5) is 20.0. The summed E-state index contributed by atoms with van der Waals surface area (Å²) >= 11 is 3.45. The molecule has 1 aromatic carbocycles. The Labute approximate surface area is 167 Å². The number of halogens is 4. The first kappa shape index (κ1) is 20.2. The van der Waals surface area contributed by atoms with Crippen LogP contribution in [0, 0.1) is 13.8 Å². The van der Waals surface area contributed by atoms with Crippen LogP contribution in [0.25, 0.3) is 5.78 Å². The van der Waals surface area contributed by atoms with Crippen molar-refractivity contribution in [3.05, 3.63) is 57.1 Å². The molecule has 2 heterocycles. The van der Waals surface area contributed by atoms with Crippen molar-refractivity contribution in [3.63, 3.8) is 0 Å². The Hall–Kier alpha value is -2.49. The SMILES string of the molecule is Cc1nc2nc(C(F)(F)F)nn2c(C)c1CC(=O)NC(C)c1ccccc1Br. The zero-order chi connectivity index (χ0) is 20.6. The molecule has 3 rings (SSSR count). The zero-order valence-corrected chi connectivity index (χ0v) is 16.9. The van der Waals surface area contributed by atoms with Crippen molar-refractivity contribution in [2.45, 2.75) is 39.4 Å². The molecule has 1 amide bonds. The molecule has 0 aliphatic heterocycles. The minimum Gasteiger partial charge on any atom is -0.349 e. The fraction of sp³-hybridized carbons (Fsp3) is 0.333. The second kappa shape index (κ2) is 7.50. The van der Waals surface area contributed by atoms with Crippen molar-refractivity contribution in [2.24, 2.45) is 0 Å². The number of hydrogen-bond donors (Lipinski definition) is 1. The highest BCUT2D eigenvalue weighted by molar-refractivity contribution is 9.10. The van der Waals surface area contributed by atoms with Gasteiger partial charge in [-0.2, -0.15) is 18.2 Å². The first-order valence-corrected chi connectivity index (χ1v) is 9.21. The number of alkyl halides is 3. The minimum absolute atomic E-state index is 0.0311. The van der Waals surface area contributed by atoms with Gasteiger partial charge in [0.25, 0.3) is 11.6 Å². The van der Waals surface area contributed by atoms with Crippen molar-refractivity contribution < 1.29 is 18.0 Å². The normalized spacial score (nSPS) is 13.0. The highest BCUT2D eigenvalue weighted by Gasteiger charge is 2.37. The molecule has 0 radical (unpaired) electrons. The van der Waals surface area contributed by atoms with Gasteiger partial charge in [-0.05, 0) is 32.4 Å². The zero-order valence-electron chi connectivity index (χ0n) is 15.3. The van der Waals surface area contributed by atoms with Crippen LogP contribution in [-0.4, -0.2) is 25.5 Å². The lowest BCUT2D eigenvalue weighted by atomic mass is 10.1. The molecule has 3 aromatic rings. The van der Waals surface area contributed by atoms with Crippen LogP contribution in [0.5, 0.6) is 0 Å². The lowest BCUT2D eigenvalue weighted by Gasteiger charge is -2.17. The van der Waals surface area contributed by atoms with Gasteiger partial charge < -0.3 is 5.32 Å². The maximum atomic E-state index is 12.9. The van der Waals surface area contributed by atoms with E-state index in [1.165, 1.54) is 0 Å². The number of aromatic nitrogens is 4. The predicted molar refractivity (Wildman–Crippen MR) is 99.7 cm³/mol. The van der Waals surface area contributed by atoms with Crippen LogP contribution in [0.4, 0.5) is 13.2 Å². The van der Waals surface area contributed by atoms with Gasteiger partial charge in [-0.1, -0.05) is 34.1 Å². The number of nitrogens with one attached hydrogen (secondary N) is 1. The molecule has 28 heavy (non-hydrogen) atoms. The topological polar surface area (TPSA) is 72.2 Å². The monoisotopic (exact) mass is 455 g/mol. The molecule has 0 bridgehead atoms. The van der Waals surface area contributed by atoms with E-state index in [9.17, 15) is 18.0 Å². The Morgan fingerprint density at radius 2 is 1.93 bits per heavy atom. The lowest BCUT2D eigenvalue weighted by molar-refractivity contribution is -0.144. The molecule has 2 aromatic heterocycles. The quantitative estimate of drug-likeness (QED) is 0.646. The number of nitrogens with zero attached hydrogens (tertiary/aromatic N) is 4. The third kappa shape index (κ3) is 4.01. The van der Waals surface area contributed by atoms with Gasteiger partial charge in [0.2, 0.25) is 5.91 Å². The number of carbonyl (C=O) groups is 1. The lowest BCUT2D eigenvalue weighted by Crippen LogP contribution is -2.29. The van der Waals surface area contributed by atoms with Gasteiger partial charge in [0.15, 0.2) is 0 Å². The summed E-state index contributed by atoms with van der Waals surface area (Å²) in [6.07, 6.45) is -4.69. The summed E-state index contributed by atoms with van der Waals surface area (Å²) in [6, 6.07) is 7.28. The second-order valence-electron chi connectivity index (χ2n) is 6.39. The van der Waals surface area contributed by atoms with Gasteiger partial charge in [0.1, 0.15) is 0 Å². The van der Waals surface area contributed by atoms with Gasteiger partial charge in [-0.3, -0.25) is 4.79 Å². The molecule has 0 aliphatic carbocycles. The first-order valence-electron chi connectivity index (χ1n) is 8.41. The number of hydrogen-bond acceptors (Lipinski definition) is 4. The molecule has 1 unspecified atom stereocenters. The van der Waals surface area contributed by atoms with Crippen LogP contribution in [0.2, 0.25) is 0 Å². The van der Waals surface area contributed by atoms with E-state index in [1.54, 1.807) is 13.8 Å². The summed E-state index contributed by atoms with van der Waals surface area (Å²) in [5, 5.41) is 6.39. The number of carbonyl (C=O) groups excluding carboxylic acids is 1. The molecular weight excluding hydrogens is 439 g/mol. The smallest absolute Gasteiger partial charge is 0.349 e. The van der Waals surface area contributed by atoms with Crippen LogP contribution >= 0.6 is 15.9 Å². The third-order valence-electron chi connectivity index (χ3n) is 4.39. The fourth-order valence-corrected chi connectivity index (χ4v) is 3.57. The Morgan fingerprint density at radius 3 is 2.57 bits per heavy atom. The molecule has 0 aliphatic rings. The van der Waals surface area contributed by atoms with E-state index in [-0.39, 0.29) is 24.1 Å². The second-order valence-corrected chi connectivity index (χ2v) is 7.25. The third-order valence-corrected chi connectivity index (χ3v) is 5.11. The molecule has 0 saturated heterocycles. The van der Waals surface area contributed by atoms with Crippen LogP contribution in [0.3, 0.4) is 0 Å². The maximum Gasteiger partial charge on any atom is 0.453 e. The van der Waals surface area contributed by atoms with Gasteiger partial charge in [-0.15, -0.1) is 5.10 Å². The molecule has 0 saturated carbocycles. The average molecular weight is 456 g/mol. The van der Waals surface area contributed by atoms with E-state index in [1.807, 2.05) is 31.2 Å². The Morgan fingerprint density at radius 1 is 1.25 bits per heavy atom. The number of rotatable bonds is 4. The Balaban J connectivity index is 1.85. The Kier molecular flexibility index (Phi) is 5.42. The van der Waals surface area contributed by atoms with E-state index in [4.69, 9.17) is 0 Å². The fourth-order valence-electron chi connectivity index (χ4n) is 2.94. The molecule has 6 nitrogen and oxygen atoms in total. The number of benzene rings is 1. The van der Waals surface area contributed by atoms with E-state index in [0.29, 0.717) is 17.0 Å². The van der Waals surface area contributed by atoms with Crippen molar-refractivity contribution in [1.29, 1.82) is 0 Å². The maximum absolute atomic E-state index is 12.9. The largest absolute Gasteiger partial charge is 0.453 e. The van der Waals surface area contributed by atoms with Crippen LogP contribution in [0.15, 0.2) is 28.7 Å². The molecule has 0 spiro atoms. The van der Waals surface area contributed by atoms with Gasteiger partial charge in [0, 0.05) is 21.4 Å². The number of aryl methyl sites for hydroxylation is 2. The number of amides is 1. The van der Waals surface area contributed by atoms with Crippen molar-refractivity contribution >= 4 is 27.6 Å². The van der Waals surface area contributed by atoms with E-state index in [2.05, 4.69) is 36.3 Å².